The first-order chi connectivity index (χ1) is 26.3. The lowest BCUT2D eigenvalue weighted by atomic mass is 9.31. The number of carbonyl (C=O) groups is 2. The lowest BCUT2D eigenvalue weighted by Crippen LogP contribution is -2.75. The lowest BCUT2D eigenvalue weighted by molar-refractivity contribution is -0.271. The Hall–Kier alpha value is -2.90. The largest absolute Gasteiger partial charge is 0.449 e. The van der Waals surface area contributed by atoms with Crippen molar-refractivity contribution in [3.8, 4) is 0 Å². The van der Waals surface area contributed by atoms with Gasteiger partial charge in [-0.25, -0.2) is 4.79 Å². The second kappa shape index (κ2) is 13.4. The van der Waals surface area contributed by atoms with Crippen LogP contribution in [0.25, 0.3) is 0 Å². The second-order valence-corrected chi connectivity index (χ2v) is 19.4. The van der Waals surface area contributed by atoms with Gasteiger partial charge in [0.25, 0.3) is 0 Å². The summed E-state index contributed by atoms with van der Waals surface area (Å²) in [5, 5.41) is 0. The minimum absolute atomic E-state index is 0.107. The standard InChI is InChI=1S/C47H63N3O4/c1-3-8-40-45-25-35-20-21-46(45,47(40)38-13-6-11-34(12-7-22-48)42(38)43(51)54-47)41(53-44(45)52)19-17-36(16-15-31-9-4-5-10-31)49-26-32-24-33(27-49)29-50(28-32)39-18-14-30(2)23-37(35)39/h6,11,13,18-19,25,30-33,36-37,40H,3-5,7-10,12,14-17,20-24,26-29,48H2,1-2H3. The number of rotatable bonds is 8. The third-order valence-corrected chi connectivity index (χ3v) is 16.4. The summed E-state index contributed by atoms with van der Waals surface area (Å²) in [5.74, 6) is 3.44. The maximum absolute atomic E-state index is 15.1. The van der Waals surface area contributed by atoms with Crippen LogP contribution in [0.4, 0.5) is 0 Å². The quantitative estimate of drug-likeness (QED) is 0.212. The van der Waals surface area contributed by atoms with Gasteiger partial charge < -0.3 is 20.1 Å². The van der Waals surface area contributed by atoms with E-state index in [9.17, 15) is 4.79 Å². The molecule has 2 N–H and O–H groups in total. The molecule has 2 spiro atoms. The first-order valence-corrected chi connectivity index (χ1v) is 22.2. The van der Waals surface area contributed by atoms with E-state index < -0.39 is 16.4 Å². The molecule has 3 saturated heterocycles. The van der Waals surface area contributed by atoms with Crippen molar-refractivity contribution in [1.82, 2.24) is 9.80 Å². The van der Waals surface area contributed by atoms with Crippen LogP contribution in [0.1, 0.15) is 132 Å². The van der Waals surface area contributed by atoms with Crippen LogP contribution in [-0.4, -0.2) is 60.5 Å². The highest BCUT2D eigenvalue weighted by molar-refractivity contribution is 5.99. The molecule has 1 aromatic rings. The van der Waals surface area contributed by atoms with Gasteiger partial charge in [0.2, 0.25) is 0 Å². The molecular weight excluding hydrogens is 671 g/mol. The van der Waals surface area contributed by atoms with E-state index in [2.05, 4.69) is 60.1 Å². The summed E-state index contributed by atoms with van der Waals surface area (Å²) >= 11 is 0. The smallest absolute Gasteiger partial charge is 0.339 e. The van der Waals surface area contributed by atoms with Crippen molar-refractivity contribution in [1.29, 1.82) is 0 Å². The van der Waals surface area contributed by atoms with E-state index >= 15 is 4.79 Å². The Morgan fingerprint density at radius 2 is 1.78 bits per heavy atom. The molecule has 0 radical (unpaired) electrons. The van der Waals surface area contributed by atoms with Crippen LogP contribution in [0.5, 0.6) is 0 Å². The number of nitrogens with zero attached hydrogens (tertiary/aromatic N) is 2. The molecule has 1 aromatic carbocycles. The number of hydrogen-bond acceptors (Lipinski definition) is 7. The molecule has 290 valence electrons. The number of ether oxygens (including phenoxy) is 2. The van der Waals surface area contributed by atoms with E-state index in [1.165, 1.54) is 56.2 Å². The van der Waals surface area contributed by atoms with Crippen LogP contribution >= 0.6 is 0 Å². The Bertz CT molecular complexity index is 1780. The number of hydrogen-bond donors (Lipinski definition) is 1. The fourth-order valence-corrected chi connectivity index (χ4v) is 14.3. The van der Waals surface area contributed by atoms with Gasteiger partial charge in [0.15, 0.2) is 5.60 Å². The summed E-state index contributed by atoms with van der Waals surface area (Å²) in [6.07, 6.45) is 24.8. The molecule has 0 aromatic heterocycles. The Morgan fingerprint density at radius 3 is 2.56 bits per heavy atom. The predicted octanol–water partition coefficient (Wildman–Crippen LogP) is 8.43. The monoisotopic (exact) mass is 733 g/mol. The molecule has 9 atom stereocenters. The highest BCUT2D eigenvalue weighted by Crippen LogP contribution is 2.84. The van der Waals surface area contributed by atoms with Gasteiger partial charge >= 0.3 is 11.9 Å². The van der Waals surface area contributed by atoms with Gasteiger partial charge in [-0.2, -0.15) is 0 Å². The number of fused-ring (bicyclic) bond motifs is 2. The molecule has 2 saturated carbocycles. The summed E-state index contributed by atoms with van der Waals surface area (Å²) in [6.45, 7) is 9.84. The predicted molar refractivity (Wildman–Crippen MR) is 210 cm³/mol. The zero-order valence-corrected chi connectivity index (χ0v) is 33.0. The van der Waals surface area contributed by atoms with Gasteiger partial charge in [0.1, 0.15) is 11.2 Å². The molecule has 12 aliphatic rings. The zero-order valence-electron chi connectivity index (χ0n) is 33.0. The van der Waals surface area contributed by atoms with Crippen molar-refractivity contribution in [2.45, 2.75) is 128 Å². The van der Waals surface area contributed by atoms with E-state index in [1.54, 1.807) is 0 Å². The molecule has 8 heterocycles. The summed E-state index contributed by atoms with van der Waals surface area (Å²) in [5.41, 5.74) is 9.16. The van der Waals surface area contributed by atoms with Gasteiger partial charge in [0.05, 0.1) is 11.0 Å². The minimum Gasteiger partial charge on any atom is -0.449 e. The molecular formula is C47H63N3O4. The van der Waals surface area contributed by atoms with E-state index in [0.29, 0.717) is 36.3 Å². The molecule has 5 fully saturated rings. The molecule has 8 bridgehead atoms. The zero-order chi connectivity index (χ0) is 36.8. The summed E-state index contributed by atoms with van der Waals surface area (Å²) in [4.78, 5) is 35.1. The van der Waals surface area contributed by atoms with Crippen molar-refractivity contribution in [3.05, 3.63) is 70.1 Å². The van der Waals surface area contributed by atoms with Gasteiger partial charge in [0, 0.05) is 55.3 Å². The summed E-state index contributed by atoms with van der Waals surface area (Å²) < 4.78 is 13.8. The third kappa shape index (κ3) is 4.91. The fraction of sp³-hybridized carbons (Fsp3) is 0.702. The van der Waals surface area contributed by atoms with E-state index in [4.69, 9.17) is 15.2 Å². The Balaban J connectivity index is 1.16. The fourth-order valence-electron chi connectivity index (χ4n) is 14.3. The lowest BCUT2D eigenvalue weighted by Gasteiger charge is -2.69. The molecule has 8 aliphatic heterocycles. The third-order valence-electron chi connectivity index (χ3n) is 16.4. The highest BCUT2D eigenvalue weighted by atomic mass is 16.6. The van der Waals surface area contributed by atoms with Crippen LogP contribution in [0.2, 0.25) is 0 Å². The summed E-state index contributed by atoms with van der Waals surface area (Å²) in [7, 11) is 0. The van der Waals surface area contributed by atoms with Crippen LogP contribution < -0.4 is 5.73 Å². The normalized spacial score (nSPS) is 40.6. The van der Waals surface area contributed by atoms with E-state index in [-0.39, 0.29) is 17.9 Å². The van der Waals surface area contributed by atoms with Crippen molar-refractivity contribution in [2.24, 2.45) is 52.1 Å². The summed E-state index contributed by atoms with van der Waals surface area (Å²) in [6, 6.07) is 6.77. The second-order valence-electron chi connectivity index (χ2n) is 19.4. The maximum atomic E-state index is 15.1. The van der Waals surface area contributed by atoms with Crippen molar-refractivity contribution >= 4 is 11.9 Å². The number of benzene rings is 1. The van der Waals surface area contributed by atoms with E-state index in [1.807, 2.05) is 0 Å². The number of allylic oxidation sites excluding steroid dienone is 2. The van der Waals surface area contributed by atoms with Crippen LogP contribution in [0, 0.1) is 46.3 Å². The molecule has 7 nitrogen and oxygen atoms in total. The molecule has 7 heteroatoms. The molecule has 9 unspecified atom stereocenters. The van der Waals surface area contributed by atoms with Crippen LogP contribution in [0.3, 0.4) is 0 Å². The number of esters is 2. The first kappa shape index (κ1) is 35.5. The van der Waals surface area contributed by atoms with Gasteiger partial charge in [-0.15, -0.1) is 0 Å². The number of carbonyl (C=O) groups excluding carboxylic acids is 2. The average Bonchev–Trinajstić information content (AvgIpc) is 3.86. The number of nitrogens with two attached hydrogens (primary N) is 1. The van der Waals surface area contributed by atoms with Gasteiger partial charge in [-0.1, -0.05) is 81.9 Å². The topological polar surface area (TPSA) is 85.1 Å². The van der Waals surface area contributed by atoms with Crippen LogP contribution in [-0.2, 0) is 26.3 Å². The first-order valence-electron chi connectivity index (χ1n) is 22.2. The maximum Gasteiger partial charge on any atom is 0.339 e. The number of aryl methyl sites for hydroxylation is 1. The molecule has 54 heavy (non-hydrogen) atoms. The minimum atomic E-state index is -0.929. The van der Waals surface area contributed by atoms with Crippen molar-refractivity contribution in [3.63, 3.8) is 0 Å². The number of piperidine rings is 2. The van der Waals surface area contributed by atoms with Crippen molar-refractivity contribution < 1.29 is 19.1 Å². The van der Waals surface area contributed by atoms with E-state index in [0.717, 1.165) is 112 Å². The molecule has 4 aliphatic carbocycles. The SMILES string of the molecule is CCCC1C23C=C4CCC2(C(=CCC(CCC2CCCC2)N2CC5CC(CN(C5)C5=CCC(C)CC45)C2)OC3=O)C12OC(=O)c1c(CCCN)cccc12. The molecule has 13 rings (SSSR count). The van der Waals surface area contributed by atoms with Crippen molar-refractivity contribution in [2.75, 3.05) is 32.7 Å². The Morgan fingerprint density at radius 1 is 0.963 bits per heavy atom. The highest BCUT2D eigenvalue weighted by Gasteiger charge is 2.91. The molecule has 0 amide bonds. The Kier molecular flexibility index (Phi) is 8.78. The van der Waals surface area contributed by atoms with Crippen LogP contribution in [0.15, 0.2) is 53.5 Å². The Labute approximate surface area is 323 Å². The average molecular weight is 734 g/mol. The van der Waals surface area contributed by atoms with Gasteiger partial charge in [-0.3, -0.25) is 9.69 Å². The van der Waals surface area contributed by atoms with Gasteiger partial charge in [-0.05, 0) is 112 Å².